The minimum atomic E-state index is 0.123. The number of benzene rings is 2. The summed E-state index contributed by atoms with van der Waals surface area (Å²) in [6.07, 6.45) is 5.09. The second kappa shape index (κ2) is 6.17. The van der Waals surface area contributed by atoms with Crippen LogP contribution in [0.25, 0.3) is 10.8 Å². The standard InChI is InChI=1S/C16H18BrN/c1-2-3-4-5-16(18)14-7-6-13-11-15(17)9-8-12(13)10-14/h2,6-11,16H,1,3-5,18H2. The monoisotopic (exact) mass is 303 g/mol. The maximum absolute atomic E-state index is 6.21. The van der Waals surface area contributed by atoms with Crippen LogP contribution in [-0.2, 0) is 0 Å². The lowest BCUT2D eigenvalue weighted by molar-refractivity contribution is 0.618. The summed E-state index contributed by atoms with van der Waals surface area (Å²) in [5.74, 6) is 0. The van der Waals surface area contributed by atoms with E-state index in [4.69, 9.17) is 5.73 Å². The van der Waals surface area contributed by atoms with Crippen LogP contribution in [-0.4, -0.2) is 0 Å². The molecule has 0 aromatic heterocycles. The average molecular weight is 304 g/mol. The molecule has 0 spiro atoms. The van der Waals surface area contributed by atoms with E-state index < -0.39 is 0 Å². The average Bonchev–Trinajstić information content (AvgIpc) is 2.38. The fourth-order valence-electron chi connectivity index (χ4n) is 2.11. The summed E-state index contributed by atoms with van der Waals surface area (Å²) in [5.41, 5.74) is 7.43. The normalized spacial score (nSPS) is 12.6. The van der Waals surface area contributed by atoms with E-state index in [9.17, 15) is 0 Å². The van der Waals surface area contributed by atoms with Gasteiger partial charge in [0.05, 0.1) is 0 Å². The Morgan fingerprint density at radius 1 is 1.17 bits per heavy atom. The van der Waals surface area contributed by atoms with Crippen molar-refractivity contribution in [1.82, 2.24) is 0 Å². The number of fused-ring (bicyclic) bond motifs is 1. The Hall–Kier alpha value is -1.12. The SMILES string of the molecule is C=CCCCC(N)c1ccc2cc(Br)ccc2c1. The number of allylic oxidation sites excluding steroid dienone is 1. The molecular weight excluding hydrogens is 286 g/mol. The Labute approximate surface area is 117 Å². The second-order valence-corrected chi connectivity index (χ2v) is 5.49. The van der Waals surface area contributed by atoms with Crippen LogP contribution in [0.15, 0.2) is 53.5 Å². The van der Waals surface area contributed by atoms with Crippen LogP contribution >= 0.6 is 15.9 Å². The lowest BCUT2D eigenvalue weighted by Crippen LogP contribution is -2.09. The summed E-state index contributed by atoms with van der Waals surface area (Å²) in [5, 5.41) is 2.49. The van der Waals surface area contributed by atoms with Crippen molar-refractivity contribution in [3.8, 4) is 0 Å². The minimum Gasteiger partial charge on any atom is -0.324 e. The van der Waals surface area contributed by atoms with Crippen molar-refractivity contribution >= 4 is 26.7 Å². The van der Waals surface area contributed by atoms with Gasteiger partial charge in [-0.2, -0.15) is 0 Å². The van der Waals surface area contributed by atoms with Crippen molar-refractivity contribution in [1.29, 1.82) is 0 Å². The van der Waals surface area contributed by atoms with Gasteiger partial charge in [-0.15, -0.1) is 6.58 Å². The highest BCUT2D eigenvalue weighted by Gasteiger charge is 2.06. The topological polar surface area (TPSA) is 26.0 Å². The van der Waals surface area contributed by atoms with E-state index in [1.165, 1.54) is 16.3 Å². The van der Waals surface area contributed by atoms with Crippen molar-refractivity contribution in [2.45, 2.75) is 25.3 Å². The van der Waals surface area contributed by atoms with E-state index in [1.54, 1.807) is 0 Å². The molecule has 2 aromatic rings. The van der Waals surface area contributed by atoms with Crippen molar-refractivity contribution in [3.05, 3.63) is 59.1 Å². The smallest absolute Gasteiger partial charge is 0.0295 e. The summed E-state index contributed by atoms with van der Waals surface area (Å²) in [7, 11) is 0. The zero-order valence-corrected chi connectivity index (χ0v) is 12.0. The molecule has 0 amide bonds. The molecule has 2 N–H and O–H groups in total. The fraction of sp³-hybridized carbons (Fsp3) is 0.250. The Bertz CT molecular complexity index is 548. The zero-order valence-electron chi connectivity index (χ0n) is 10.4. The molecule has 2 aromatic carbocycles. The molecule has 2 heteroatoms. The first-order valence-corrected chi connectivity index (χ1v) is 7.05. The van der Waals surface area contributed by atoms with Crippen LogP contribution in [0.4, 0.5) is 0 Å². The molecule has 0 saturated heterocycles. The first-order valence-electron chi connectivity index (χ1n) is 6.26. The van der Waals surface area contributed by atoms with Crippen LogP contribution in [0.2, 0.25) is 0 Å². The van der Waals surface area contributed by atoms with E-state index in [-0.39, 0.29) is 6.04 Å². The van der Waals surface area contributed by atoms with Crippen LogP contribution in [0.5, 0.6) is 0 Å². The largest absolute Gasteiger partial charge is 0.324 e. The highest BCUT2D eigenvalue weighted by atomic mass is 79.9. The summed E-state index contributed by atoms with van der Waals surface area (Å²) in [6.45, 7) is 3.73. The maximum atomic E-state index is 6.21. The van der Waals surface area contributed by atoms with Crippen molar-refractivity contribution in [2.24, 2.45) is 5.73 Å². The second-order valence-electron chi connectivity index (χ2n) is 4.58. The molecule has 0 aliphatic heterocycles. The number of hydrogen-bond donors (Lipinski definition) is 1. The molecule has 0 aliphatic rings. The number of rotatable bonds is 5. The molecule has 1 atom stereocenters. The summed E-state index contributed by atoms with van der Waals surface area (Å²) in [6, 6.07) is 12.9. The van der Waals surface area contributed by atoms with E-state index in [2.05, 4.69) is 58.9 Å². The van der Waals surface area contributed by atoms with E-state index in [1.807, 2.05) is 6.08 Å². The molecule has 0 heterocycles. The predicted octanol–water partition coefficient (Wildman–Crippen LogP) is 4.96. The lowest BCUT2D eigenvalue weighted by Gasteiger charge is -2.12. The highest BCUT2D eigenvalue weighted by Crippen LogP contribution is 2.24. The maximum Gasteiger partial charge on any atom is 0.0295 e. The van der Waals surface area contributed by atoms with Gasteiger partial charge in [-0.25, -0.2) is 0 Å². The van der Waals surface area contributed by atoms with Gasteiger partial charge in [0.25, 0.3) is 0 Å². The first-order chi connectivity index (χ1) is 8.70. The third kappa shape index (κ3) is 3.21. The number of halogens is 1. The highest BCUT2D eigenvalue weighted by molar-refractivity contribution is 9.10. The van der Waals surface area contributed by atoms with Gasteiger partial charge in [-0.1, -0.05) is 40.2 Å². The Kier molecular flexibility index (Phi) is 4.56. The van der Waals surface area contributed by atoms with Crippen LogP contribution in [0.3, 0.4) is 0 Å². The quantitative estimate of drug-likeness (QED) is 0.613. The molecule has 18 heavy (non-hydrogen) atoms. The van der Waals surface area contributed by atoms with E-state index in [0.29, 0.717) is 0 Å². The first kappa shape index (κ1) is 13.3. The number of hydrogen-bond acceptors (Lipinski definition) is 1. The van der Waals surface area contributed by atoms with Crippen molar-refractivity contribution < 1.29 is 0 Å². The zero-order chi connectivity index (χ0) is 13.0. The Balaban J connectivity index is 2.18. The molecule has 0 saturated carbocycles. The van der Waals surface area contributed by atoms with Gasteiger partial charge in [-0.05, 0) is 53.8 Å². The molecular formula is C16H18BrN. The van der Waals surface area contributed by atoms with Crippen LogP contribution in [0.1, 0.15) is 30.9 Å². The summed E-state index contributed by atoms with van der Waals surface area (Å²) >= 11 is 3.49. The number of unbranched alkanes of at least 4 members (excludes halogenated alkanes) is 1. The molecule has 0 bridgehead atoms. The van der Waals surface area contributed by atoms with Crippen molar-refractivity contribution in [3.63, 3.8) is 0 Å². The fourth-order valence-corrected chi connectivity index (χ4v) is 2.49. The van der Waals surface area contributed by atoms with E-state index >= 15 is 0 Å². The van der Waals surface area contributed by atoms with Gasteiger partial charge in [-0.3, -0.25) is 0 Å². The molecule has 0 fully saturated rings. The van der Waals surface area contributed by atoms with Gasteiger partial charge in [0.1, 0.15) is 0 Å². The molecule has 1 nitrogen and oxygen atoms in total. The Morgan fingerprint density at radius 3 is 2.67 bits per heavy atom. The van der Waals surface area contributed by atoms with Gasteiger partial charge in [0.15, 0.2) is 0 Å². The lowest BCUT2D eigenvalue weighted by atomic mass is 9.99. The summed E-state index contributed by atoms with van der Waals surface area (Å²) < 4.78 is 1.11. The number of nitrogens with two attached hydrogens (primary N) is 1. The third-order valence-electron chi connectivity index (χ3n) is 3.18. The van der Waals surface area contributed by atoms with Gasteiger partial charge in [0.2, 0.25) is 0 Å². The van der Waals surface area contributed by atoms with E-state index in [0.717, 1.165) is 23.7 Å². The van der Waals surface area contributed by atoms with Gasteiger partial charge in [0, 0.05) is 10.5 Å². The summed E-state index contributed by atoms with van der Waals surface area (Å²) in [4.78, 5) is 0. The third-order valence-corrected chi connectivity index (χ3v) is 3.67. The minimum absolute atomic E-state index is 0.123. The molecule has 0 radical (unpaired) electrons. The van der Waals surface area contributed by atoms with Crippen LogP contribution < -0.4 is 5.73 Å². The van der Waals surface area contributed by atoms with Gasteiger partial charge >= 0.3 is 0 Å². The van der Waals surface area contributed by atoms with Crippen molar-refractivity contribution in [2.75, 3.05) is 0 Å². The molecule has 2 rings (SSSR count). The predicted molar refractivity (Wildman–Crippen MR) is 82.6 cm³/mol. The Morgan fingerprint density at radius 2 is 1.89 bits per heavy atom. The molecule has 1 unspecified atom stereocenters. The molecule has 0 aliphatic carbocycles. The van der Waals surface area contributed by atoms with Crippen LogP contribution in [0, 0.1) is 0 Å². The van der Waals surface area contributed by atoms with Gasteiger partial charge < -0.3 is 5.73 Å². The molecule has 94 valence electrons.